The van der Waals surface area contributed by atoms with Crippen molar-refractivity contribution >= 4 is 13.5 Å². The van der Waals surface area contributed by atoms with Crippen LogP contribution in [0.3, 0.4) is 0 Å². The molecule has 0 heterocycles. The first-order chi connectivity index (χ1) is 8.31. The van der Waals surface area contributed by atoms with E-state index >= 15 is 0 Å². The zero-order chi connectivity index (χ0) is 13.8. The average Bonchev–Trinajstić information content (AvgIpc) is 2.26. The van der Waals surface area contributed by atoms with E-state index in [0.29, 0.717) is 11.3 Å². The number of ether oxygens (including phenoxy) is 1. The Morgan fingerprint density at radius 2 is 1.94 bits per heavy atom. The Labute approximate surface area is 105 Å². The predicted octanol–water partition coefficient (Wildman–Crippen LogP) is 1.05. The molecular weight excluding hydrogens is 257 g/mol. The van der Waals surface area contributed by atoms with Crippen LogP contribution in [0.5, 0.6) is 5.75 Å². The monoisotopic (exact) mass is 273 g/mol. The third kappa shape index (κ3) is 4.87. The molecule has 1 rings (SSSR count). The van der Waals surface area contributed by atoms with Crippen molar-refractivity contribution in [2.24, 2.45) is 0 Å². The minimum absolute atomic E-state index is 0.343. The second kappa shape index (κ2) is 6.00. The van der Waals surface area contributed by atoms with Crippen molar-refractivity contribution < 1.29 is 23.9 Å². The van der Waals surface area contributed by atoms with Gasteiger partial charge in [-0.25, -0.2) is 0 Å². The SMILES string of the molecule is COc1ccc(C(CP(=O)(O)O)NC(C)=O)cc1. The van der Waals surface area contributed by atoms with Crippen molar-refractivity contribution in [1.29, 1.82) is 0 Å². The first kappa shape index (κ1) is 14.7. The number of nitrogens with one attached hydrogen (secondary N) is 1. The maximum absolute atomic E-state index is 11.0. The van der Waals surface area contributed by atoms with Crippen LogP contribution in [-0.2, 0) is 9.36 Å². The molecule has 1 amide bonds. The van der Waals surface area contributed by atoms with Gasteiger partial charge in [0.15, 0.2) is 0 Å². The first-order valence-electron chi connectivity index (χ1n) is 5.27. The maximum atomic E-state index is 11.0. The van der Waals surface area contributed by atoms with E-state index in [1.54, 1.807) is 24.3 Å². The van der Waals surface area contributed by atoms with E-state index in [2.05, 4.69) is 5.32 Å². The number of rotatable bonds is 5. The van der Waals surface area contributed by atoms with Crippen LogP contribution in [0.2, 0.25) is 0 Å². The Morgan fingerprint density at radius 1 is 1.39 bits per heavy atom. The Bertz CT molecular complexity index is 453. The van der Waals surface area contributed by atoms with Gasteiger partial charge in [0.2, 0.25) is 5.91 Å². The summed E-state index contributed by atoms with van der Waals surface area (Å²) in [7, 11) is -2.68. The fourth-order valence-electron chi connectivity index (χ4n) is 1.55. The smallest absolute Gasteiger partial charge is 0.327 e. The average molecular weight is 273 g/mol. The normalized spacial score (nSPS) is 12.9. The zero-order valence-electron chi connectivity index (χ0n) is 10.2. The van der Waals surface area contributed by atoms with E-state index in [1.807, 2.05) is 0 Å². The molecule has 0 aliphatic carbocycles. The van der Waals surface area contributed by atoms with Crippen LogP contribution >= 0.6 is 7.60 Å². The highest BCUT2D eigenvalue weighted by Crippen LogP contribution is 2.39. The van der Waals surface area contributed by atoms with Gasteiger partial charge in [0.05, 0.1) is 19.3 Å². The molecule has 0 saturated carbocycles. The molecule has 18 heavy (non-hydrogen) atoms. The van der Waals surface area contributed by atoms with Gasteiger partial charge in [0.1, 0.15) is 5.75 Å². The van der Waals surface area contributed by atoms with Crippen LogP contribution in [-0.4, -0.2) is 29.0 Å². The van der Waals surface area contributed by atoms with Crippen LogP contribution in [0.1, 0.15) is 18.5 Å². The van der Waals surface area contributed by atoms with Crippen LogP contribution in [0.15, 0.2) is 24.3 Å². The number of carbonyl (C=O) groups is 1. The standard InChI is InChI=1S/C11H16NO5P/c1-8(13)12-11(7-18(14,15)16)9-3-5-10(17-2)6-4-9/h3-6,11H,7H2,1-2H3,(H,12,13)(H2,14,15,16). The van der Waals surface area contributed by atoms with E-state index in [4.69, 9.17) is 14.5 Å². The topological polar surface area (TPSA) is 95.9 Å². The summed E-state index contributed by atoms with van der Waals surface area (Å²) >= 11 is 0. The van der Waals surface area contributed by atoms with Crippen molar-refractivity contribution in [1.82, 2.24) is 5.32 Å². The molecule has 0 radical (unpaired) electrons. The summed E-state index contributed by atoms with van der Waals surface area (Å²) in [6, 6.07) is 5.95. The van der Waals surface area contributed by atoms with E-state index in [-0.39, 0.29) is 5.91 Å². The third-order valence-corrected chi connectivity index (χ3v) is 3.16. The quantitative estimate of drug-likeness (QED) is 0.697. The van der Waals surface area contributed by atoms with Gasteiger partial charge in [-0.15, -0.1) is 0 Å². The van der Waals surface area contributed by atoms with Gasteiger partial charge in [0.25, 0.3) is 0 Å². The summed E-state index contributed by atoms with van der Waals surface area (Å²) in [6.45, 7) is 1.30. The molecule has 0 saturated heterocycles. The first-order valence-corrected chi connectivity index (χ1v) is 7.07. The van der Waals surface area contributed by atoms with Gasteiger partial charge in [0, 0.05) is 6.92 Å². The number of hydrogen-bond donors (Lipinski definition) is 3. The second-order valence-electron chi connectivity index (χ2n) is 3.87. The molecule has 0 fully saturated rings. The van der Waals surface area contributed by atoms with E-state index in [9.17, 15) is 9.36 Å². The molecule has 1 unspecified atom stereocenters. The highest BCUT2D eigenvalue weighted by atomic mass is 31.2. The van der Waals surface area contributed by atoms with Gasteiger partial charge >= 0.3 is 7.60 Å². The lowest BCUT2D eigenvalue weighted by Gasteiger charge is -2.19. The number of methoxy groups -OCH3 is 1. The number of hydrogen-bond acceptors (Lipinski definition) is 3. The maximum Gasteiger partial charge on any atom is 0.327 e. The van der Waals surface area contributed by atoms with Crippen molar-refractivity contribution in [2.45, 2.75) is 13.0 Å². The minimum Gasteiger partial charge on any atom is -0.497 e. The lowest BCUT2D eigenvalue weighted by atomic mass is 10.1. The van der Waals surface area contributed by atoms with Gasteiger partial charge in [-0.3, -0.25) is 9.36 Å². The van der Waals surface area contributed by atoms with Gasteiger partial charge in [-0.2, -0.15) is 0 Å². The summed E-state index contributed by atoms with van der Waals surface area (Å²) in [5.41, 5.74) is 0.620. The number of amides is 1. The van der Waals surface area contributed by atoms with E-state index in [0.717, 1.165) is 0 Å². The lowest BCUT2D eigenvalue weighted by molar-refractivity contribution is -0.119. The third-order valence-electron chi connectivity index (χ3n) is 2.32. The second-order valence-corrected chi connectivity index (χ2v) is 5.57. The van der Waals surface area contributed by atoms with Crippen molar-refractivity contribution in [3.8, 4) is 5.75 Å². The fourth-order valence-corrected chi connectivity index (χ4v) is 2.33. The molecule has 0 bridgehead atoms. The highest BCUT2D eigenvalue weighted by molar-refractivity contribution is 7.51. The molecule has 100 valence electrons. The molecular formula is C11H16NO5P. The molecule has 0 spiro atoms. The minimum atomic E-state index is -4.21. The molecule has 1 atom stereocenters. The highest BCUT2D eigenvalue weighted by Gasteiger charge is 2.23. The molecule has 0 aromatic heterocycles. The summed E-state index contributed by atoms with van der Waals surface area (Å²) < 4.78 is 16.0. The molecule has 0 aliphatic rings. The van der Waals surface area contributed by atoms with E-state index < -0.39 is 19.8 Å². The Hall–Kier alpha value is -1.36. The van der Waals surface area contributed by atoms with Crippen molar-refractivity contribution in [3.63, 3.8) is 0 Å². The van der Waals surface area contributed by atoms with Gasteiger partial charge in [-0.05, 0) is 17.7 Å². The fraction of sp³-hybridized carbons (Fsp3) is 0.364. The van der Waals surface area contributed by atoms with E-state index in [1.165, 1.54) is 14.0 Å². The molecule has 3 N–H and O–H groups in total. The number of benzene rings is 1. The van der Waals surface area contributed by atoms with Crippen LogP contribution in [0, 0.1) is 0 Å². The van der Waals surface area contributed by atoms with Gasteiger partial charge < -0.3 is 19.8 Å². The predicted molar refractivity (Wildman–Crippen MR) is 66.5 cm³/mol. The van der Waals surface area contributed by atoms with Crippen LogP contribution in [0.25, 0.3) is 0 Å². The van der Waals surface area contributed by atoms with Crippen molar-refractivity contribution in [2.75, 3.05) is 13.3 Å². The molecule has 7 heteroatoms. The summed E-state index contributed by atoms with van der Waals surface area (Å²) in [4.78, 5) is 29.0. The molecule has 6 nitrogen and oxygen atoms in total. The largest absolute Gasteiger partial charge is 0.497 e. The summed E-state index contributed by atoms with van der Waals surface area (Å²) in [5, 5.41) is 2.52. The van der Waals surface area contributed by atoms with Gasteiger partial charge in [-0.1, -0.05) is 12.1 Å². The lowest BCUT2D eigenvalue weighted by Crippen LogP contribution is -2.28. The summed E-state index contributed by atoms with van der Waals surface area (Å²) in [6.07, 6.45) is -0.432. The van der Waals surface area contributed by atoms with Crippen LogP contribution < -0.4 is 10.1 Å². The molecule has 1 aromatic carbocycles. The van der Waals surface area contributed by atoms with Crippen molar-refractivity contribution in [3.05, 3.63) is 29.8 Å². The Morgan fingerprint density at radius 3 is 2.33 bits per heavy atom. The van der Waals surface area contributed by atoms with Crippen LogP contribution in [0.4, 0.5) is 0 Å². The molecule has 0 aliphatic heterocycles. The number of carbonyl (C=O) groups excluding carboxylic acids is 1. The Balaban J connectivity index is 2.93. The Kier molecular flexibility index (Phi) is 4.90. The summed E-state index contributed by atoms with van der Waals surface area (Å²) in [5.74, 6) is 0.292. The zero-order valence-corrected chi connectivity index (χ0v) is 11.1. The molecule has 1 aromatic rings.